The van der Waals surface area contributed by atoms with Crippen LogP contribution >= 0.6 is 0 Å². The zero-order chi connectivity index (χ0) is 11.8. The number of nitriles is 1. The van der Waals surface area contributed by atoms with Crippen LogP contribution in [0.4, 0.5) is 0 Å². The van der Waals surface area contributed by atoms with E-state index < -0.39 is 5.97 Å². The molecule has 84 valence electrons. The Balaban J connectivity index is 2.33. The Morgan fingerprint density at radius 2 is 2.00 bits per heavy atom. The Morgan fingerprint density at radius 3 is 2.56 bits per heavy atom. The number of hydrogen-bond acceptors (Lipinski definition) is 3. The van der Waals surface area contributed by atoms with E-state index >= 15 is 0 Å². The van der Waals surface area contributed by atoms with Gasteiger partial charge in [-0.1, -0.05) is 0 Å². The number of aromatic carboxylic acids is 1. The minimum Gasteiger partial charge on any atom is -0.494 e. The molecule has 0 unspecified atom stereocenters. The number of rotatable bonds is 6. The van der Waals surface area contributed by atoms with Crippen molar-refractivity contribution in [3.63, 3.8) is 0 Å². The molecule has 1 rings (SSSR count). The second-order valence-corrected chi connectivity index (χ2v) is 3.29. The molecule has 0 atom stereocenters. The highest BCUT2D eigenvalue weighted by Gasteiger charge is 2.01. The number of unbranched alkanes of at least 4 members (excludes halogenated alkanes) is 2. The molecule has 0 saturated heterocycles. The van der Waals surface area contributed by atoms with Gasteiger partial charge in [0.15, 0.2) is 0 Å². The second-order valence-electron chi connectivity index (χ2n) is 3.29. The van der Waals surface area contributed by atoms with Crippen LogP contribution in [0.15, 0.2) is 24.3 Å². The van der Waals surface area contributed by atoms with Gasteiger partial charge in [0.1, 0.15) is 5.75 Å². The van der Waals surface area contributed by atoms with Crippen LogP contribution in [0.3, 0.4) is 0 Å². The molecule has 0 radical (unpaired) electrons. The maximum Gasteiger partial charge on any atom is 0.335 e. The smallest absolute Gasteiger partial charge is 0.335 e. The maximum atomic E-state index is 10.6. The molecule has 1 aromatic rings. The zero-order valence-corrected chi connectivity index (χ0v) is 8.85. The van der Waals surface area contributed by atoms with Crippen molar-refractivity contribution >= 4 is 5.97 Å². The van der Waals surface area contributed by atoms with Crippen LogP contribution in [0, 0.1) is 11.3 Å². The van der Waals surface area contributed by atoms with Gasteiger partial charge < -0.3 is 9.84 Å². The lowest BCUT2D eigenvalue weighted by molar-refractivity contribution is 0.0697. The Morgan fingerprint density at radius 1 is 1.31 bits per heavy atom. The van der Waals surface area contributed by atoms with Gasteiger partial charge in [-0.2, -0.15) is 5.26 Å². The van der Waals surface area contributed by atoms with Crippen LogP contribution < -0.4 is 4.74 Å². The lowest BCUT2D eigenvalue weighted by Crippen LogP contribution is -1.99. The molecule has 0 aliphatic rings. The van der Waals surface area contributed by atoms with E-state index in [-0.39, 0.29) is 5.56 Å². The lowest BCUT2D eigenvalue weighted by atomic mass is 10.2. The molecule has 0 aromatic heterocycles. The second kappa shape index (κ2) is 6.46. The molecule has 0 bridgehead atoms. The summed E-state index contributed by atoms with van der Waals surface area (Å²) in [5.74, 6) is -0.289. The third-order valence-corrected chi connectivity index (χ3v) is 2.05. The van der Waals surface area contributed by atoms with E-state index in [0.717, 1.165) is 12.8 Å². The minimum atomic E-state index is -0.944. The van der Waals surface area contributed by atoms with Crippen molar-refractivity contribution in [1.29, 1.82) is 5.26 Å². The quantitative estimate of drug-likeness (QED) is 0.746. The predicted molar refractivity (Wildman–Crippen MR) is 58.4 cm³/mol. The first kappa shape index (κ1) is 12.1. The van der Waals surface area contributed by atoms with Gasteiger partial charge in [-0.05, 0) is 37.1 Å². The van der Waals surface area contributed by atoms with Gasteiger partial charge in [0.2, 0.25) is 0 Å². The van der Waals surface area contributed by atoms with Gasteiger partial charge in [0.05, 0.1) is 18.2 Å². The highest BCUT2D eigenvalue weighted by molar-refractivity contribution is 5.87. The van der Waals surface area contributed by atoms with Gasteiger partial charge >= 0.3 is 5.97 Å². The summed E-state index contributed by atoms with van der Waals surface area (Å²) in [7, 11) is 0. The van der Waals surface area contributed by atoms with Gasteiger partial charge in [-0.15, -0.1) is 0 Å². The Labute approximate surface area is 94.1 Å². The summed E-state index contributed by atoms with van der Waals surface area (Å²) in [6, 6.07) is 8.34. The van der Waals surface area contributed by atoms with E-state index in [1.165, 1.54) is 12.1 Å². The van der Waals surface area contributed by atoms with Crippen LogP contribution in [0.5, 0.6) is 5.75 Å². The third kappa shape index (κ3) is 4.01. The molecule has 0 saturated carbocycles. The monoisotopic (exact) mass is 219 g/mol. The van der Waals surface area contributed by atoms with E-state index in [1.54, 1.807) is 12.1 Å². The van der Waals surface area contributed by atoms with Gasteiger partial charge in [-0.25, -0.2) is 4.79 Å². The number of carbonyl (C=O) groups is 1. The van der Waals surface area contributed by atoms with Gasteiger partial charge in [0.25, 0.3) is 0 Å². The topological polar surface area (TPSA) is 70.3 Å². The Bertz CT molecular complexity index is 378. The van der Waals surface area contributed by atoms with E-state index in [1.807, 2.05) is 0 Å². The number of nitrogens with zero attached hydrogens (tertiary/aromatic N) is 1. The SMILES string of the molecule is N#CCCCCOc1ccc(C(=O)O)cc1. The van der Waals surface area contributed by atoms with Crippen LogP contribution in [-0.2, 0) is 0 Å². The van der Waals surface area contributed by atoms with Crippen molar-refractivity contribution in [3.8, 4) is 11.8 Å². The average Bonchev–Trinajstić information content (AvgIpc) is 2.29. The lowest BCUT2D eigenvalue weighted by Gasteiger charge is -2.05. The van der Waals surface area contributed by atoms with Crippen LogP contribution in [-0.4, -0.2) is 17.7 Å². The summed E-state index contributed by atoms with van der Waals surface area (Å²) in [5.41, 5.74) is 0.247. The fourth-order valence-electron chi connectivity index (χ4n) is 1.19. The van der Waals surface area contributed by atoms with E-state index in [9.17, 15) is 4.79 Å². The van der Waals surface area contributed by atoms with E-state index in [0.29, 0.717) is 18.8 Å². The molecule has 4 nitrogen and oxygen atoms in total. The average molecular weight is 219 g/mol. The van der Waals surface area contributed by atoms with Crippen molar-refractivity contribution in [3.05, 3.63) is 29.8 Å². The third-order valence-electron chi connectivity index (χ3n) is 2.05. The molecule has 1 N–H and O–H groups in total. The molecule has 4 heteroatoms. The van der Waals surface area contributed by atoms with Crippen molar-refractivity contribution in [2.24, 2.45) is 0 Å². The number of carboxylic acids is 1. The fraction of sp³-hybridized carbons (Fsp3) is 0.333. The maximum absolute atomic E-state index is 10.6. The largest absolute Gasteiger partial charge is 0.494 e. The molecule has 0 heterocycles. The molecule has 0 aliphatic heterocycles. The Hall–Kier alpha value is -2.02. The number of hydrogen-bond donors (Lipinski definition) is 1. The fourth-order valence-corrected chi connectivity index (χ4v) is 1.19. The van der Waals surface area contributed by atoms with E-state index in [2.05, 4.69) is 6.07 Å². The van der Waals surface area contributed by atoms with Crippen molar-refractivity contribution in [1.82, 2.24) is 0 Å². The summed E-state index contributed by atoms with van der Waals surface area (Å²) in [6.45, 7) is 0.550. The summed E-state index contributed by atoms with van der Waals surface area (Å²) >= 11 is 0. The molecular formula is C12H13NO3. The number of carboxylic acid groups (broad SMARTS) is 1. The number of ether oxygens (including phenoxy) is 1. The summed E-state index contributed by atoms with van der Waals surface area (Å²) in [6.07, 6.45) is 2.19. The highest BCUT2D eigenvalue weighted by atomic mass is 16.5. The van der Waals surface area contributed by atoms with E-state index in [4.69, 9.17) is 15.1 Å². The molecule has 16 heavy (non-hydrogen) atoms. The van der Waals surface area contributed by atoms with Gasteiger partial charge in [-0.3, -0.25) is 0 Å². The highest BCUT2D eigenvalue weighted by Crippen LogP contribution is 2.12. The Kier molecular flexibility index (Phi) is 4.87. The molecular weight excluding hydrogens is 206 g/mol. The van der Waals surface area contributed by atoms with Crippen molar-refractivity contribution < 1.29 is 14.6 Å². The first-order chi connectivity index (χ1) is 7.74. The standard InChI is InChI=1S/C12H13NO3/c13-8-2-1-3-9-16-11-6-4-10(5-7-11)12(14)15/h4-7H,1-3,9H2,(H,14,15). The summed E-state index contributed by atoms with van der Waals surface area (Å²) in [4.78, 5) is 10.6. The van der Waals surface area contributed by atoms with Gasteiger partial charge in [0, 0.05) is 6.42 Å². The minimum absolute atomic E-state index is 0.247. The van der Waals surface area contributed by atoms with Crippen LogP contribution in [0.1, 0.15) is 29.6 Å². The molecule has 0 spiro atoms. The van der Waals surface area contributed by atoms with Crippen molar-refractivity contribution in [2.75, 3.05) is 6.61 Å². The molecule has 1 aromatic carbocycles. The first-order valence-electron chi connectivity index (χ1n) is 5.07. The number of benzene rings is 1. The van der Waals surface area contributed by atoms with Crippen LogP contribution in [0.25, 0.3) is 0 Å². The molecule has 0 amide bonds. The molecule has 0 fully saturated rings. The summed E-state index contributed by atoms with van der Waals surface area (Å²) < 4.78 is 5.38. The van der Waals surface area contributed by atoms with Crippen LogP contribution in [0.2, 0.25) is 0 Å². The normalized spacial score (nSPS) is 9.44. The zero-order valence-electron chi connectivity index (χ0n) is 8.85. The molecule has 0 aliphatic carbocycles. The van der Waals surface area contributed by atoms with Crippen molar-refractivity contribution in [2.45, 2.75) is 19.3 Å². The summed E-state index contributed by atoms with van der Waals surface area (Å²) in [5, 5.41) is 17.0. The first-order valence-corrected chi connectivity index (χ1v) is 5.07. The predicted octanol–water partition coefficient (Wildman–Crippen LogP) is 2.46.